The van der Waals surface area contributed by atoms with Crippen LogP contribution in [0.15, 0.2) is 34.6 Å². The molecule has 0 aliphatic rings. The summed E-state index contributed by atoms with van der Waals surface area (Å²) in [6, 6.07) is 2.00. The van der Waals surface area contributed by atoms with Crippen molar-refractivity contribution in [2.24, 2.45) is 5.73 Å². The van der Waals surface area contributed by atoms with E-state index in [-0.39, 0.29) is 6.04 Å². The fourth-order valence-corrected chi connectivity index (χ4v) is 2.86. The van der Waals surface area contributed by atoms with Crippen molar-refractivity contribution in [2.75, 3.05) is 0 Å². The molecule has 5 heteroatoms. The number of hydrogen-bond acceptors (Lipinski definition) is 4. The smallest absolute Gasteiger partial charge is 0.115 e. The molecule has 3 nitrogen and oxygen atoms in total. The van der Waals surface area contributed by atoms with Crippen LogP contribution >= 0.6 is 27.3 Å². The third-order valence-corrected chi connectivity index (χ3v) is 4.05. The molecule has 2 rings (SSSR count). The molecule has 0 saturated carbocycles. The van der Waals surface area contributed by atoms with Gasteiger partial charge in [-0.1, -0.05) is 0 Å². The Hall–Kier alpha value is -0.780. The summed E-state index contributed by atoms with van der Waals surface area (Å²) in [6.07, 6.45) is 5.85. The van der Waals surface area contributed by atoms with E-state index in [1.807, 2.05) is 11.4 Å². The Labute approximate surface area is 101 Å². The van der Waals surface area contributed by atoms with Crippen molar-refractivity contribution in [3.63, 3.8) is 0 Å². The highest BCUT2D eigenvalue weighted by Crippen LogP contribution is 2.26. The average Bonchev–Trinajstić information content (AvgIpc) is 2.66. The van der Waals surface area contributed by atoms with Crippen LogP contribution in [-0.4, -0.2) is 9.97 Å². The fourth-order valence-electron chi connectivity index (χ4n) is 1.29. The summed E-state index contributed by atoms with van der Waals surface area (Å²) < 4.78 is 1.12. The molecule has 0 spiro atoms. The summed E-state index contributed by atoms with van der Waals surface area (Å²) in [7, 11) is 0. The van der Waals surface area contributed by atoms with Gasteiger partial charge in [-0.15, -0.1) is 11.3 Å². The molecule has 0 radical (unpaired) electrons. The molecule has 2 heterocycles. The predicted octanol–water partition coefficient (Wildman–Crippen LogP) is 2.54. The van der Waals surface area contributed by atoms with Crippen molar-refractivity contribution in [3.8, 4) is 0 Å². The zero-order valence-corrected chi connectivity index (χ0v) is 10.3. The maximum absolute atomic E-state index is 6.06. The summed E-state index contributed by atoms with van der Waals surface area (Å²) in [5.41, 5.74) is 7.03. The number of nitrogens with zero attached hydrogens (tertiary/aromatic N) is 2. The van der Waals surface area contributed by atoms with Gasteiger partial charge in [0, 0.05) is 39.8 Å². The van der Waals surface area contributed by atoms with Gasteiger partial charge in [-0.05, 0) is 27.4 Å². The molecule has 0 aliphatic carbocycles. The van der Waals surface area contributed by atoms with Crippen LogP contribution in [-0.2, 0) is 6.42 Å². The molecule has 1 atom stereocenters. The second-order valence-electron chi connectivity index (χ2n) is 3.17. The maximum Gasteiger partial charge on any atom is 0.115 e. The lowest BCUT2D eigenvalue weighted by atomic mass is 10.1. The first-order valence-corrected chi connectivity index (χ1v) is 6.17. The summed E-state index contributed by atoms with van der Waals surface area (Å²) in [5, 5.41) is 2.05. The molecule has 78 valence electrons. The summed E-state index contributed by atoms with van der Waals surface area (Å²) in [5.74, 6) is 0. The van der Waals surface area contributed by atoms with Gasteiger partial charge in [0.25, 0.3) is 0 Å². The minimum atomic E-state index is -0.0406. The van der Waals surface area contributed by atoms with Gasteiger partial charge >= 0.3 is 0 Å². The Bertz CT molecular complexity index is 429. The summed E-state index contributed by atoms with van der Waals surface area (Å²) in [4.78, 5) is 9.17. The van der Waals surface area contributed by atoms with Gasteiger partial charge in [-0.3, -0.25) is 0 Å². The topological polar surface area (TPSA) is 51.8 Å². The van der Waals surface area contributed by atoms with Gasteiger partial charge in [0.1, 0.15) is 6.33 Å². The van der Waals surface area contributed by atoms with Gasteiger partial charge in [0.15, 0.2) is 0 Å². The zero-order chi connectivity index (χ0) is 10.7. The van der Waals surface area contributed by atoms with E-state index >= 15 is 0 Å². The Morgan fingerprint density at radius 3 is 2.73 bits per heavy atom. The predicted molar refractivity (Wildman–Crippen MR) is 64.7 cm³/mol. The molecule has 0 saturated heterocycles. The SMILES string of the molecule is NC(Cc1sccc1Br)c1cncnc1. The first kappa shape index (κ1) is 10.7. The number of hydrogen-bond donors (Lipinski definition) is 1. The molecule has 2 N–H and O–H groups in total. The first-order valence-electron chi connectivity index (χ1n) is 4.49. The second kappa shape index (κ2) is 4.83. The Morgan fingerprint density at radius 1 is 1.40 bits per heavy atom. The molecule has 0 bridgehead atoms. The summed E-state index contributed by atoms with van der Waals surface area (Å²) >= 11 is 5.20. The van der Waals surface area contributed by atoms with Gasteiger partial charge in [0.2, 0.25) is 0 Å². The molecule has 0 aliphatic heterocycles. The zero-order valence-electron chi connectivity index (χ0n) is 7.93. The highest BCUT2D eigenvalue weighted by molar-refractivity contribution is 9.10. The largest absolute Gasteiger partial charge is 0.324 e. The molecule has 2 aromatic rings. The Morgan fingerprint density at radius 2 is 2.13 bits per heavy atom. The summed E-state index contributed by atoms with van der Waals surface area (Å²) in [6.45, 7) is 0. The molecular formula is C10H10BrN3S. The van der Waals surface area contributed by atoms with Gasteiger partial charge in [0.05, 0.1) is 0 Å². The lowest BCUT2D eigenvalue weighted by molar-refractivity contribution is 0.719. The van der Waals surface area contributed by atoms with Crippen molar-refractivity contribution >= 4 is 27.3 Å². The Balaban J connectivity index is 2.11. The van der Waals surface area contributed by atoms with Crippen molar-refractivity contribution in [3.05, 3.63) is 45.1 Å². The van der Waals surface area contributed by atoms with Crippen LogP contribution in [0.1, 0.15) is 16.5 Å². The molecule has 1 unspecified atom stereocenters. The van der Waals surface area contributed by atoms with Gasteiger partial charge in [-0.25, -0.2) is 9.97 Å². The highest BCUT2D eigenvalue weighted by atomic mass is 79.9. The van der Waals surface area contributed by atoms with E-state index in [4.69, 9.17) is 5.73 Å². The lowest BCUT2D eigenvalue weighted by Gasteiger charge is -2.09. The van der Waals surface area contributed by atoms with Crippen LogP contribution in [0.5, 0.6) is 0 Å². The molecule has 0 aromatic carbocycles. The molecule has 0 amide bonds. The first-order chi connectivity index (χ1) is 7.27. The Kier molecular flexibility index (Phi) is 3.45. The average molecular weight is 284 g/mol. The number of nitrogens with two attached hydrogens (primary N) is 1. The van der Waals surface area contributed by atoms with Gasteiger partial charge < -0.3 is 5.73 Å². The van der Waals surface area contributed by atoms with Crippen LogP contribution < -0.4 is 5.73 Å². The molecular weight excluding hydrogens is 274 g/mol. The third kappa shape index (κ3) is 2.62. The monoisotopic (exact) mass is 283 g/mol. The van der Waals surface area contributed by atoms with Crippen LogP contribution in [0.4, 0.5) is 0 Å². The van der Waals surface area contributed by atoms with E-state index in [0.29, 0.717) is 0 Å². The van der Waals surface area contributed by atoms with Gasteiger partial charge in [-0.2, -0.15) is 0 Å². The highest BCUT2D eigenvalue weighted by Gasteiger charge is 2.10. The van der Waals surface area contributed by atoms with Crippen LogP contribution in [0.25, 0.3) is 0 Å². The minimum Gasteiger partial charge on any atom is -0.324 e. The second-order valence-corrected chi connectivity index (χ2v) is 5.03. The van der Waals surface area contributed by atoms with Crippen LogP contribution in [0.3, 0.4) is 0 Å². The number of aromatic nitrogens is 2. The van der Waals surface area contributed by atoms with Crippen LogP contribution in [0.2, 0.25) is 0 Å². The van der Waals surface area contributed by atoms with E-state index in [0.717, 1.165) is 16.5 Å². The van der Waals surface area contributed by atoms with Crippen molar-refractivity contribution in [1.29, 1.82) is 0 Å². The third-order valence-electron chi connectivity index (χ3n) is 2.11. The molecule has 2 aromatic heterocycles. The van der Waals surface area contributed by atoms with Crippen LogP contribution in [0, 0.1) is 0 Å². The number of rotatable bonds is 3. The minimum absolute atomic E-state index is 0.0406. The van der Waals surface area contributed by atoms with Crippen molar-refractivity contribution in [1.82, 2.24) is 9.97 Å². The number of halogens is 1. The number of thiophene rings is 1. The fraction of sp³-hybridized carbons (Fsp3) is 0.200. The molecule has 15 heavy (non-hydrogen) atoms. The van der Waals surface area contributed by atoms with E-state index in [1.165, 1.54) is 11.2 Å². The molecule has 0 fully saturated rings. The lowest BCUT2D eigenvalue weighted by Crippen LogP contribution is -2.13. The standard InChI is InChI=1S/C10H10BrN3S/c11-8-1-2-15-10(8)3-9(12)7-4-13-6-14-5-7/h1-2,4-6,9H,3,12H2. The van der Waals surface area contributed by atoms with Crippen molar-refractivity contribution < 1.29 is 0 Å². The van der Waals surface area contributed by atoms with E-state index < -0.39 is 0 Å². The quantitative estimate of drug-likeness (QED) is 0.942. The van der Waals surface area contributed by atoms with E-state index in [1.54, 1.807) is 23.7 Å². The van der Waals surface area contributed by atoms with Crippen molar-refractivity contribution in [2.45, 2.75) is 12.5 Å². The van der Waals surface area contributed by atoms with E-state index in [2.05, 4.69) is 25.9 Å². The maximum atomic E-state index is 6.06. The normalized spacial score (nSPS) is 12.7. The van der Waals surface area contributed by atoms with E-state index in [9.17, 15) is 0 Å².